The van der Waals surface area contributed by atoms with Gasteiger partial charge < -0.3 is 14.6 Å². The van der Waals surface area contributed by atoms with Crippen LogP contribution in [0.3, 0.4) is 0 Å². The molecule has 2 aromatic carbocycles. The molecule has 2 aromatic rings. The van der Waals surface area contributed by atoms with Gasteiger partial charge in [-0.2, -0.15) is 0 Å². The quantitative estimate of drug-likeness (QED) is 0.248. The number of alkyl halides is 1. The lowest BCUT2D eigenvalue weighted by Crippen LogP contribution is -2.49. The molecule has 1 heterocycles. The van der Waals surface area contributed by atoms with Gasteiger partial charge >= 0.3 is 10.7 Å². The van der Waals surface area contributed by atoms with Crippen molar-refractivity contribution in [3.8, 4) is 11.5 Å². The van der Waals surface area contributed by atoms with Crippen molar-refractivity contribution in [2.75, 3.05) is 7.11 Å². The van der Waals surface area contributed by atoms with Gasteiger partial charge in [0.15, 0.2) is 11.9 Å². The van der Waals surface area contributed by atoms with E-state index >= 15 is 0 Å². The molecule has 0 aromatic heterocycles. The predicted octanol–water partition coefficient (Wildman–Crippen LogP) is 3.71. The van der Waals surface area contributed by atoms with E-state index in [-0.39, 0.29) is 22.6 Å². The highest BCUT2D eigenvalue weighted by molar-refractivity contribution is 6.23. The molecular weight excluding hydrogens is 404 g/mol. The fourth-order valence-corrected chi connectivity index (χ4v) is 3.71. The van der Waals surface area contributed by atoms with Crippen LogP contribution in [0.4, 0.5) is 5.69 Å². The van der Waals surface area contributed by atoms with Gasteiger partial charge in [0.2, 0.25) is 6.10 Å². The summed E-state index contributed by atoms with van der Waals surface area (Å²) in [6.45, 7) is 3.66. The van der Waals surface area contributed by atoms with Crippen LogP contribution in [0.15, 0.2) is 49.1 Å². The van der Waals surface area contributed by atoms with E-state index in [0.29, 0.717) is 12.0 Å². The largest absolute Gasteiger partial charge is 0.490 e. The average Bonchev–Trinajstić information content (AvgIpc) is 2.70. The summed E-state index contributed by atoms with van der Waals surface area (Å²) < 4.78 is 10.9. The second-order valence-corrected chi connectivity index (χ2v) is 6.97. The third-order valence-corrected chi connectivity index (χ3v) is 5.31. The molecule has 0 spiro atoms. The molecule has 1 aliphatic heterocycles. The second kappa shape index (κ2) is 7.69. The number of para-hydroxylation sites is 2. The van der Waals surface area contributed by atoms with Crippen molar-refractivity contribution in [3.63, 3.8) is 0 Å². The highest BCUT2D eigenvalue weighted by atomic mass is 35.5. The summed E-state index contributed by atoms with van der Waals surface area (Å²) in [5.41, 5.74) is 0.0231. The Balaban J connectivity index is 2.30. The van der Waals surface area contributed by atoms with E-state index in [1.807, 2.05) is 0 Å². The van der Waals surface area contributed by atoms with Crippen LogP contribution in [0, 0.1) is 20.2 Å². The number of hydrogen-bond acceptors (Lipinski definition) is 7. The molecule has 0 radical (unpaired) electrons. The summed E-state index contributed by atoms with van der Waals surface area (Å²) in [6.07, 6.45) is -1.49. The van der Waals surface area contributed by atoms with Crippen molar-refractivity contribution >= 4 is 17.3 Å². The molecule has 0 unspecified atom stereocenters. The van der Waals surface area contributed by atoms with Gasteiger partial charge in [-0.15, -0.1) is 6.58 Å². The monoisotopic (exact) mass is 420 g/mol. The molecule has 1 N–H and O–H groups in total. The minimum absolute atomic E-state index is 0.113. The SMILES string of the molecule is C=CCc1cccc2c1O[C@@H](c1cccc(OC)c1[N+](=O)[O-])[C@](Cl)([N+](=O)[O-])[C@H]2O. The van der Waals surface area contributed by atoms with E-state index in [2.05, 4.69) is 6.58 Å². The Morgan fingerprint density at radius 2 is 1.93 bits per heavy atom. The fourth-order valence-electron chi connectivity index (χ4n) is 3.43. The number of aliphatic hydroxyl groups excluding tert-OH is 1. The van der Waals surface area contributed by atoms with Crippen LogP contribution in [0.2, 0.25) is 0 Å². The highest BCUT2D eigenvalue weighted by Gasteiger charge is 2.63. The number of nitrogens with zero attached hydrogens (tertiary/aromatic N) is 2. The number of nitro groups is 2. The van der Waals surface area contributed by atoms with Crippen molar-refractivity contribution in [3.05, 3.63) is 86.0 Å². The number of benzene rings is 2. The number of methoxy groups -OCH3 is 1. The predicted molar refractivity (Wildman–Crippen MR) is 104 cm³/mol. The van der Waals surface area contributed by atoms with Crippen LogP contribution in [-0.4, -0.2) is 27.1 Å². The van der Waals surface area contributed by atoms with E-state index in [4.69, 9.17) is 21.1 Å². The molecule has 29 heavy (non-hydrogen) atoms. The van der Waals surface area contributed by atoms with Gasteiger partial charge in [-0.05, 0) is 35.7 Å². The molecule has 0 saturated heterocycles. The Bertz CT molecular complexity index is 997. The smallest absolute Gasteiger partial charge is 0.365 e. The van der Waals surface area contributed by atoms with Crippen LogP contribution in [0.25, 0.3) is 0 Å². The standard InChI is InChI=1S/C19H17ClN2O7/c1-3-6-11-7-4-9-13-16(11)29-18(19(20,17(13)23)22(26)27)12-8-5-10-14(28-2)15(12)21(24)25/h3-5,7-10,17-18,23H,1,6H2,2H3/t17-,18-,19+/m0/s1. The number of ether oxygens (including phenoxy) is 2. The van der Waals surface area contributed by atoms with E-state index < -0.39 is 32.7 Å². The zero-order valence-electron chi connectivity index (χ0n) is 15.3. The van der Waals surface area contributed by atoms with Crippen LogP contribution < -0.4 is 9.47 Å². The Labute approximate surface area is 170 Å². The van der Waals surface area contributed by atoms with Gasteiger partial charge in [-0.3, -0.25) is 20.2 Å². The highest BCUT2D eigenvalue weighted by Crippen LogP contribution is 2.54. The minimum Gasteiger partial charge on any atom is -0.490 e. The number of fused-ring (bicyclic) bond motifs is 1. The van der Waals surface area contributed by atoms with E-state index in [9.17, 15) is 25.3 Å². The molecule has 0 bridgehead atoms. The maximum absolute atomic E-state index is 11.9. The van der Waals surface area contributed by atoms with Crippen LogP contribution in [-0.2, 0) is 6.42 Å². The summed E-state index contributed by atoms with van der Waals surface area (Å²) in [6, 6.07) is 8.84. The van der Waals surface area contributed by atoms with Crippen molar-refractivity contribution in [1.82, 2.24) is 0 Å². The molecule has 3 rings (SSSR count). The Hall–Kier alpha value is -3.17. The van der Waals surface area contributed by atoms with Crippen LogP contribution in [0.1, 0.15) is 28.9 Å². The van der Waals surface area contributed by atoms with Gasteiger partial charge in [-0.25, -0.2) is 0 Å². The lowest BCUT2D eigenvalue weighted by Gasteiger charge is -2.37. The Kier molecular flexibility index (Phi) is 5.45. The van der Waals surface area contributed by atoms with Crippen LogP contribution >= 0.6 is 11.6 Å². The van der Waals surface area contributed by atoms with Gasteiger partial charge in [0.25, 0.3) is 0 Å². The molecule has 0 fully saturated rings. The number of rotatable bonds is 6. The third-order valence-electron chi connectivity index (χ3n) is 4.77. The van der Waals surface area contributed by atoms with Gasteiger partial charge in [0, 0.05) is 5.56 Å². The molecule has 3 atom stereocenters. The summed E-state index contributed by atoms with van der Waals surface area (Å²) >= 11 is 6.33. The average molecular weight is 421 g/mol. The summed E-state index contributed by atoms with van der Waals surface area (Å²) in [5.74, 6) is 0.0678. The maximum Gasteiger partial charge on any atom is 0.365 e. The minimum atomic E-state index is -2.60. The Morgan fingerprint density at radius 3 is 2.52 bits per heavy atom. The zero-order chi connectivity index (χ0) is 21.3. The van der Waals surface area contributed by atoms with E-state index in [1.54, 1.807) is 18.2 Å². The third kappa shape index (κ3) is 3.18. The normalized spacial score (nSPS) is 22.9. The topological polar surface area (TPSA) is 125 Å². The second-order valence-electron chi connectivity index (χ2n) is 6.37. The zero-order valence-corrected chi connectivity index (χ0v) is 16.0. The number of allylic oxidation sites excluding steroid dienone is 1. The molecule has 152 valence electrons. The first-order valence-electron chi connectivity index (χ1n) is 8.49. The number of aliphatic hydroxyl groups is 1. The first kappa shape index (κ1) is 20.6. The van der Waals surface area contributed by atoms with E-state index in [1.165, 1.54) is 31.4 Å². The molecule has 9 nitrogen and oxygen atoms in total. The number of hydrogen-bond donors (Lipinski definition) is 1. The number of nitro benzene ring substituents is 1. The molecule has 0 saturated carbocycles. The number of halogens is 1. The van der Waals surface area contributed by atoms with Crippen LogP contribution in [0.5, 0.6) is 11.5 Å². The van der Waals surface area contributed by atoms with Crippen molar-refractivity contribution in [2.24, 2.45) is 0 Å². The van der Waals surface area contributed by atoms with Gasteiger partial charge in [-0.1, -0.05) is 30.3 Å². The van der Waals surface area contributed by atoms with Crippen molar-refractivity contribution in [2.45, 2.75) is 23.6 Å². The summed E-state index contributed by atoms with van der Waals surface area (Å²) in [7, 11) is 1.24. The fraction of sp³-hybridized carbons (Fsp3) is 0.263. The molecule has 0 amide bonds. The lowest BCUT2D eigenvalue weighted by molar-refractivity contribution is -0.571. The summed E-state index contributed by atoms with van der Waals surface area (Å²) in [5, 5.41) is 34.5. The maximum atomic E-state index is 11.9. The van der Waals surface area contributed by atoms with Crippen molar-refractivity contribution in [1.29, 1.82) is 0 Å². The lowest BCUT2D eigenvalue weighted by atomic mass is 9.87. The van der Waals surface area contributed by atoms with Gasteiger partial charge in [0.05, 0.1) is 22.5 Å². The Morgan fingerprint density at radius 1 is 1.28 bits per heavy atom. The first-order valence-corrected chi connectivity index (χ1v) is 8.87. The molecular formula is C19H17ClN2O7. The van der Waals surface area contributed by atoms with Gasteiger partial charge in [0.1, 0.15) is 5.75 Å². The first-order chi connectivity index (χ1) is 13.8. The molecule has 1 aliphatic rings. The molecule has 0 aliphatic carbocycles. The summed E-state index contributed by atoms with van der Waals surface area (Å²) in [4.78, 5) is 19.4. The van der Waals surface area contributed by atoms with E-state index in [0.717, 1.165) is 0 Å². The molecule has 10 heteroatoms. The van der Waals surface area contributed by atoms with Crippen molar-refractivity contribution < 1.29 is 24.4 Å².